The van der Waals surface area contributed by atoms with E-state index in [0.717, 1.165) is 12.8 Å². The summed E-state index contributed by atoms with van der Waals surface area (Å²) >= 11 is 0. The first kappa shape index (κ1) is 13.3. The van der Waals surface area contributed by atoms with Crippen molar-refractivity contribution >= 4 is 5.97 Å². The number of carbonyl (C=O) groups excluding carboxylic acids is 1. The van der Waals surface area contributed by atoms with E-state index in [1.807, 2.05) is 0 Å². The number of hydrogen-bond acceptors (Lipinski definition) is 2. The van der Waals surface area contributed by atoms with Crippen LogP contribution >= 0.6 is 0 Å². The summed E-state index contributed by atoms with van der Waals surface area (Å²) in [6.45, 7) is 1.49. The molecular formula is C14H24O2. The predicted octanol–water partition coefficient (Wildman–Crippen LogP) is 4.00. The van der Waals surface area contributed by atoms with E-state index in [2.05, 4.69) is 12.2 Å². The Morgan fingerprint density at radius 2 is 1.69 bits per heavy atom. The Balaban J connectivity index is 2.38. The second kappa shape index (κ2) is 8.37. The van der Waals surface area contributed by atoms with Crippen molar-refractivity contribution in [2.24, 2.45) is 0 Å². The van der Waals surface area contributed by atoms with Crippen molar-refractivity contribution in [2.45, 2.75) is 70.8 Å². The standard InChI is InChI=1S/C14H24O2/c1-13(15)16-14-11-9-7-5-3-2-4-6-8-10-12-14/h9,11,14H,2-8,10,12H2,1H3/b11-9+. The van der Waals surface area contributed by atoms with Gasteiger partial charge in [0.15, 0.2) is 0 Å². The summed E-state index contributed by atoms with van der Waals surface area (Å²) in [6.07, 6.45) is 15.5. The number of carbonyl (C=O) groups is 1. The fourth-order valence-corrected chi connectivity index (χ4v) is 2.15. The van der Waals surface area contributed by atoms with Crippen molar-refractivity contribution in [3.8, 4) is 0 Å². The van der Waals surface area contributed by atoms with Gasteiger partial charge in [-0.15, -0.1) is 0 Å². The Morgan fingerprint density at radius 1 is 1.06 bits per heavy atom. The van der Waals surface area contributed by atoms with Crippen LogP contribution < -0.4 is 0 Å². The molecule has 0 aromatic heterocycles. The zero-order valence-corrected chi connectivity index (χ0v) is 10.4. The Labute approximate surface area is 99.1 Å². The molecule has 16 heavy (non-hydrogen) atoms. The van der Waals surface area contributed by atoms with Crippen LogP contribution in [0.3, 0.4) is 0 Å². The van der Waals surface area contributed by atoms with Crippen molar-refractivity contribution in [3.63, 3.8) is 0 Å². The lowest BCUT2D eigenvalue weighted by atomic mass is 10.0. The molecule has 1 atom stereocenters. The Bertz CT molecular complexity index is 221. The first-order valence-electron chi connectivity index (χ1n) is 6.63. The van der Waals surface area contributed by atoms with E-state index in [-0.39, 0.29) is 12.1 Å². The van der Waals surface area contributed by atoms with Gasteiger partial charge in [-0.2, -0.15) is 0 Å². The largest absolute Gasteiger partial charge is 0.458 e. The van der Waals surface area contributed by atoms with Crippen molar-refractivity contribution in [2.75, 3.05) is 0 Å². The monoisotopic (exact) mass is 224 g/mol. The van der Waals surface area contributed by atoms with E-state index in [4.69, 9.17) is 4.74 Å². The first-order chi connectivity index (χ1) is 7.79. The van der Waals surface area contributed by atoms with Gasteiger partial charge in [0.2, 0.25) is 0 Å². The zero-order chi connectivity index (χ0) is 11.6. The van der Waals surface area contributed by atoms with Gasteiger partial charge in [-0.05, 0) is 31.8 Å². The Morgan fingerprint density at radius 3 is 2.38 bits per heavy atom. The molecule has 1 unspecified atom stereocenters. The molecule has 2 heteroatoms. The van der Waals surface area contributed by atoms with Crippen LogP contribution in [-0.2, 0) is 9.53 Å². The summed E-state index contributed by atoms with van der Waals surface area (Å²) < 4.78 is 5.27. The highest BCUT2D eigenvalue weighted by atomic mass is 16.5. The molecule has 1 aliphatic rings. The minimum Gasteiger partial charge on any atom is -0.458 e. The summed E-state index contributed by atoms with van der Waals surface area (Å²) in [7, 11) is 0. The second-order valence-corrected chi connectivity index (χ2v) is 4.63. The fourth-order valence-electron chi connectivity index (χ4n) is 2.15. The van der Waals surface area contributed by atoms with Crippen LogP contribution in [0, 0.1) is 0 Å². The first-order valence-corrected chi connectivity index (χ1v) is 6.63. The number of ether oxygens (including phenoxy) is 1. The van der Waals surface area contributed by atoms with Gasteiger partial charge in [-0.3, -0.25) is 4.79 Å². The quantitative estimate of drug-likeness (QED) is 0.497. The molecule has 0 aromatic rings. The molecule has 0 fully saturated rings. The zero-order valence-electron chi connectivity index (χ0n) is 10.4. The molecule has 1 rings (SSSR count). The molecule has 0 aromatic carbocycles. The highest BCUT2D eigenvalue weighted by Crippen LogP contribution is 2.15. The van der Waals surface area contributed by atoms with Crippen LogP contribution in [0.15, 0.2) is 12.2 Å². The molecule has 0 N–H and O–H groups in total. The normalized spacial score (nSPS) is 26.2. The van der Waals surface area contributed by atoms with Gasteiger partial charge < -0.3 is 4.74 Å². The van der Waals surface area contributed by atoms with Gasteiger partial charge in [-0.25, -0.2) is 0 Å². The molecule has 0 bridgehead atoms. The summed E-state index contributed by atoms with van der Waals surface area (Å²) in [5.74, 6) is -0.165. The Kier molecular flexibility index (Phi) is 6.95. The van der Waals surface area contributed by atoms with Gasteiger partial charge in [0.05, 0.1) is 0 Å². The highest BCUT2D eigenvalue weighted by molar-refractivity contribution is 5.66. The van der Waals surface area contributed by atoms with Crippen LogP contribution in [0.4, 0.5) is 0 Å². The van der Waals surface area contributed by atoms with Crippen LogP contribution in [0.25, 0.3) is 0 Å². The molecule has 2 nitrogen and oxygen atoms in total. The van der Waals surface area contributed by atoms with Gasteiger partial charge in [0, 0.05) is 6.92 Å². The molecule has 0 heterocycles. The lowest BCUT2D eigenvalue weighted by molar-refractivity contribution is -0.144. The predicted molar refractivity (Wildman–Crippen MR) is 66.2 cm³/mol. The van der Waals surface area contributed by atoms with Crippen LogP contribution in [-0.4, -0.2) is 12.1 Å². The summed E-state index contributed by atoms with van der Waals surface area (Å²) in [6, 6.07) is 0. The lowest BCUT2D eigenvalue weighted by Crippen LogP contribution is -2.13. The van der Waals surface area contributed by atoms with E-state index in [1.54, 1.807) is 0 Å². The van der Waals surface area contributed by atoms with E-state index in [1.165, 1.54) is 51.9 Å². The topological polar surface area (TPSA) is 26.3 Å². The number of allylic oxidation sites excluding steroid dienone is 1. The van der Waals surface area contributed by atoms with Crippen molar-refractivity contribution in [3.05, 3.63) is 12.2 Å². The summed E-state index contributed by atoms with van der Waals surface area (Å²) in [4.78, 5) is 10.9. The van der Waals surface area contributed by atoms with Crippen LogP contribution in [0.2, 0.25) is 0 Å². The van der Waals surface area contributed by atoms with Gasteiger partial charge in [-0.1, -0.05) is 38.2 Å². The maximum absolute atomic E-state index is 10.9. The van der Waals surface area contributed by atoms with E-state index in [9.17, 15) is 4.79 Å². The SMILES string of the molecule is CC(=O)OC1/C=C/CCCCCCCCC1. The average Bonchev–Trinajstić information content (AvgIpc) is 2.21. The maximum atomic E-state index is 10.9. The third-order valence-electron chi connectivity index (χ3n) is 3.03. The number of hydrogen-bond donors (Lipinski definition) is 0. The van der Waals surface area contributed by atoms with Crippen LogP contribution in [0.1, 0.15) is 64.7 Å². The lowest BCUT2D eigenvalue weighted by Gasteiger charge is -2.13. The number of rotatable bonds is 1. The molecule has 0 saturated heterocycles. The smallest absolute Gasteiger partial charge is 0.303 e. The van der Waals surface area contributed by atoms with E-state index in [0.29, 0.717) is 0 Å². The Hall–Kier alpha value is -0.790. The maximum Gasteiger partial charge on any atom is 0.303 e. The second-order valence-electron chi connectivity index (χ2n) is 4.63. The van der Waals surface area contributed by atoms with Gasteiger partial charge >= 0.3 is 5.97 Å². The van der Waals surface area contributed by atoms with Gasteiger partial charge in [0.1, 0.15) is 6.10 Å². The fraction of sp³-hybridized carbons (Fsp3) is 0.786. The summed E-state index contributed by atoms with van der Waals surface area (Å²) in [5.41, 5.74) is 0. The molecule has 92 valence electrons. The third kappa shape index (κ3) is 6.65. The van der Waals surface area contributed by atoms with Crippen molar-refractivity contribution in [1.82, 2.24) is 0 Å². The average molecular weight is 224 g/mol. The number of esters is 1. The molecule has 1 aliphatic carbocycles. The van der Waals surface area contributed by atoms with Crippen molar-refractivity contribution in [1.29, 1.82) is 0 Å². The van der Waals surface area contributed by atoms with Gasteiger partial charge in [0.25, 0.3) is 0 Å². The molecule has 0 amide bonds. The molecule has 0 spiro atoms. The summed E-state index contributed by atoms with van der Waals surface area (Å²) in [5, 5.41) is 0. The van der Waals surface area contributed by atoms with E-state index >= 15 is 0 Å². The van der Waals surface area contributed by atoms with E-state index < -0.39 is 0 Å². The highest BCUT2D eigenvalue weighted by Gasteiger charge is 2.07. The minimum atomic E-state index is -0.165. The third-order valence-corrected chi connectivity index (χ3v) is 3.03. The molecule has 0 radical (unpaired) electrons. The molecular weight excluding hydrogens is 200 g/mol. The van der Waals surface area contributed by atoms with Crippen LogP contribution in [0.5, 0.6) is 0 Å². The van der Waals surface area contributed by atoms with Crippen molar-refractivity contribution < 1.29 is 9.53 Å². The minimum absolute atomic E-state index is 0.0110. The molecule has 0 saturated carbocycles. The molecule has 0 aliphatic heterocycles.